The molecule has 0 aromatic carbocycles. The van der Waals surface area contributed by atoms with Crippen molar-refractivity contribution >= 4 is 21.8 Å². The van der Waals surface area contributed by atoms with Crippen molar-refractivity contribution in [2.75, 3.05) is 13.2 Å². The molecule has 1 amide bonds. The number of carbonyl (C=O) groups excluding carboxylic acids is 1. The van der Waals surface area contributed by atoms with Crippen molar-refractivity contribution < 1.29 is 9.90 Å². The van der Waals surface area contributed by atoms with Gasteiger partial charge in [0.25, 0.3) is 5.91 Å². The highest BCUT2D eigenvalue weighted by Gasteiger charge is 2.30. The van der Waals surface area contributed by atoms with Crippen LogP contribution in [-0.2, 0) is 0 Å². The topological polar surface area (TPSA) is 45.5 Å². The van der Waals surface area contributed by atoms with Gasteiger partial charge in [0.15, 0.2) is 0 Å². The Balaban J connectivity index is 2.26. The molecule has 0 unspecified atom stereocenters. The van der Waals surface area contributed by atoms with Crippen molar-refractivity contribution in [3.05, 3.63) is 22.4 Å². The zero-order chi connectivity index (χ0) is 14.7. The van der Waals surface area contributed by atoms with Gasteiger partial charge in [-0.05, 0) is 47.7 Å². The molecule has 4 nitrogen and oxygen atoms in total. The molecule has 1 aliphatic carbocycles. The maximum atomic E-state index is 12.8. The van der Waals surface area contributed by atoms with Crippen molar-refractivity contribution in [3.8, 4) is 0 Å². The fourth-order valence-electron chi connectivity index (χ4n) is 2.71. The lowest BCUT2D eigenvalue weighted by Gasteiger charge is -2.30. The number of aliphatic hydroxyl groups is 1. The zero-order valence-electron chi connectivity index (χ0n) is 12.2. The minimum Gasteiger partial charge on any atom is -0.395 e. The molecule has 0 spiro atoms. The third-order valence-electron chi connectivity index (χ3n) is 3.96. The molecular weight excluding hydrogens is 320 g/mol. The van der Waals surface area contributed by atoms with Gasteiger partial charge in [-0.1, -0.05) is 13.8 Å². The summed E-state index contributed by atoms with van der Waals surface area (Å²) in [6.07, 6.45) is 6.11. The van der Waals surface area contributed by atoms with Crippen LogP contribution in [0.4, 0.5) is 0 Å². The van der Waals surface area contributed by atoms with Crippen LogP contribution in [0.3, 0.4) is 0 Å². The van der Waals surface area contributed by atoms with E-state index in [0.29, 0.717) is 12.6 Å². The van der Waals surface area contributed by atoms with Gasteiger partial charge in [0.1, 0.15) is 5.69 Å². The standard InChI is InChI=1S/C15H23BrN2O2/c1-3-12(4-2)17(7-8-19)15(20)14-9-11(16)10-18(14)13-5-6-13/h9-10,12-13,19H,3-8H2,1-2H3. The Morgan fingerprint density at radius 3 is 2.65 bits per heavy atom. The van der Waals surface area contributed by atoms with E-state index in [0.717, 1.165) is 35.8 Å². The average Bonchev–Trinajstić information content (AvgIpc) is 3.21. The van der Waals surface area contributed by atoms with Crippen molar-refractivity contribution in [2.24, 2.45) is 0 Å². The third-order valence-corrected chi connectivity index (χ3v) is 4.39. The van der Waals surface area contributed by atoms with Gasteiger partial charge in [0, 0.05) is 29.3 Å². The normalized spacial score (nSPS) is 14.8. The molecule has 0 bridgehead atoms. The highest BCUT2D eigenvalue weighted by Crippen LogP contribution is 2.38. The Bertz CT molecular complexity index is 464. The predicted octanol–water partition coefficient (Wildman–Crippen LogP) is 3.21. The minimum atomic E-state index is 0.00749. The first kappa shape index (κ1) is 15.6. The van der Waals surface area contributed by atoms with Gasteiger partial charge in [0.05, 0.1) is 6.61 Å². The van der Waals surface area contributed by atoms with Gasteiger partial charge < -0.3 is 14.6 Å². The summed E-state index contributed by atoms with van der Waals surface area (Å²) in [4.78, 5) is 14.7. The second-order valence-corrected chi connectivity index (χ2v) is 6.29. The Kier molecular flexibility index (Phi) is 5.27. The molecule has 0 atom stereocenters. The Morgan fingerprint density at radius 2 is 2.15 bits per heavy atom. The molecule has 112 valence electrons. The second kappa shape index (κ2) is 6.76. The van der Waals surface area contributed by atoms with E-state index in [9.17, 15) is 9.90 Å². The molecule has 1 fully saturated rings. The molecule has 5 heteroatoms. The number of hydrogen-bond donors (Lipinski definition) is 1. The summed E-state index contributed by atoms with van der Waals surface area (Å²) in [5.74, 6) is 0.0327. The molecule has 1 aromatic heterocycles. The number of aliphatic hydroxyl groups excluding tert-OH is 1. The van der Waals surface area contributed by atoms with E-state index in [4.69, 9.17) is 0 Å². The maximum absolute atomic E-state index is 12.8. The number of amides is 1. The second-order valence-electron chi connectivity index (χ2n) is 5.37. The van der Waals surface area contributed by atoms with E-state index < -0.39 is 0 Å². The van der Waals surface area contributed by atoms with E-state index in [1.165, 1.54) is 0 Å². The van der Waals surface area contributed by atoms with E-state index in [-0.39, 0.29) is 18.6 Å². The number of aromatic nitrogens is 1. The van der Waals surface area contributed by atoms with Gasteiger partial charge >= 0.3 is 0 Å². The highest BCUT2D eigenvalue weighted by molar-refractivity contribution is 9.10. The Labute approximate surface area is 128 Å². The van der Waals surface area contributed by atoms with Crippen molar-refractivity contribution in [1.82, 2.24) is 9.47 Å². The maximum Gasteiger partial charge on any atom is 0.270 e. The van der Waals surface area contributed by atoms with Gasteiger partial charge in [-0.3, -0.25) is 4.79 Å². The van der Waals surface area contributed by atoms with Crippen LogP contribution >= 0.6 is 15.9 Å². The Hall–Kier alpha value is -0.810. The lowest BCUT2D eigenvalue weighted by molar-refractivity contribution is 0.0611. The van der Waals surface area contributed by atoms with Crippen LogP contribution < -0.4 is 0 Å². The summed E-state index contributed by atoms with van der Waals surface area (Å²) in [7, 11) is 0. The number of nitrogens with zero attached hydrogens (tertiary/aromatic N) is 2. The molecule has 1 saturated carbocycles. The van der Waals surface area contributed by atoms with Crippen LogP contribution in [0, 0.1) is 0 Å². The lowest BCUT2D eigenvalue weighted by atomic mass is 10.1. The number of halogens is 1. The van der Waals surface area contributed by atoms with E-state index in [1.54, 1.807) is 0 Å². The zero-order valence-corrected chi connectivity index (χ0v) is 13.8. The summed E-state index contributed by atoms with van der Waals surface area (Å²) in [6.45, 7) is 4.58. The number of rotatable bonds is 7. The van der Waals surface area contributed by atoms with E-state index in [2.05, 4.69) is 34.3 Å². The average molecular weight is 343 g/mol. The monoisotopic (exact) mass is 342 g/mol. The Morgan fingerprint density at radius 1 is 1.50 bits per heavy atom. The predicted molar refractivity (Wildman–Crippen MR) is 82.9 cm³/mol. The molecule has 0 saturated heterocycles. The van der Waals surface area contributed by atoms with Crippen molar-refractivity contribution in [3.63, 3.8) is 0 Å². The molecule has 1 N–H and O–H groups in total. The minimum absolute atomic E-state index is 0.00749. The molecule has 2 rings (SSSR count). The van der Waals surface area contributed by atoms with Crippen LogP contribution in [0.25, 0.3) is 0 Å². The first-order valence-electron chi connectivity index (χ1n) is 7.41. The highest BCUT2D eigenvalue weighted by atomic mass is 79.9. The third kappa shape index (κ3) is 3.26. The molecule has 0 aliphatic heterocycles. The molecule has 20 heavy (non-hydrogen) atoms. The largest absolute Gasteiger partial charge is 0.395 e. The summed E-state index contributed by atoms with van der Waals surface area (Å²) in [5, 5.41) is 9.26. The molecule has 1 aliphatic rings. The molecule has 0 radical (unpaired) electrons. The van der Waals surface area contributed by atoms with Gasteiger partial charge in [-0.25, -0.2) is 0 Å². The SMILES string of the molecule is CCC(CC)N(CCO)C(=O)c1cc(Br)cn1C1CC1. The molecular formula is C15H23BrN2O2. The summed E-state index contributed by atoms with van der Waals surface area (Å²) in [6, 6.07) is 2.56. The fourth-order valence-corrected chi connectivity index (χ4v) is 3.14. The molecule has 1 heterocycles. The van der Waals surface area contributed by atoms with E-state index in [1.807, 2.05) is 17.2 Å². The van der Waals surface area contributed by atoms with Gasteiger partial charge in [-0.2, -0.15) is 0 Å². The van der Waals surface area contributed by atoms with Crippen LogP contribution in [0.5, 0.6) is 0 Å². The summed E-state index contributed by atoms with van der Waals surface area (Å²) in [5.41, 5.74) is 0.736. The summed E-state index contributed by atoms with van der Waals surface area (Å²) >= 11 is 3.47. The van der Waals surface area contributed by atoms with Gasteiger partial charge in [-0.15, -0.1) is 0 Å². The van der Waals surface area contributed by atoms with Crippen LogP contribution in [-0.4, -0.2) is 39.7 Å². The van der Waals surface area contributed by atoms with E-state index >= 15 is 0 Å². The summed E-state index contributed by atoms with van der Waals surface area (Å²) < 4.78 is 3.03. The number of carbonyl (C=O) groups is 1. The first-order valence-corrected chi connectivity index (χ1v) is 8.20. The van der Waals surface area contributed by atoms with Crippen LogP contribution in [0.15, 0.2) is 16.7 Å². The van der Waals surface area contributed by atoms with Crippen LogP contribution in [0.1, 0.15) is 56.1 Å². The fraction of sp³-hybridized carbons (Fsp3) is 0.667. The lowest BCUT2D eigenvalue weighted by Crippen LogP contribution is -2.42. The molecule has 1 aromatic rings. The van der Waals surface area contributed by atoms with Crippen LogP contribution in [0.2, 0.25) is 0 Å². The smallest absolute Gasteiger partial charge is 0.270 e. The van der Waals surface area contributed by atoms with Crippen molar-refractivity contribution in [2.45, 2.75) is 51.6 Å². The van der Waals surface area contributed by atoms with Gasteiger partial charge in [0.2, 0.25) is 0 Å². The first-order chi connectivity index (χ1) is 9.62. The quantitative estimate of drug-likeness (QED) is 0.826. The van der Waals surface area contributed by atoms with Crippen molar-refractivity contribution in [1.29, 1.82) is 0 Å². The number of hydrogen-bond acceptors (Lipinski definition) is 2.